The second-order valence-corrected chi connectivity index (χ2v) is 4.94. The third kappa shape index (κ3) is 2.69. The third-order valence-corrected chi connectivity index (χ3v) is 3.40. The molecule has 0 bridgehead atoms. The van der Waals surface area contributed by atoms with E-state index >= 15 is 0 Å². The van der Waals surface area contributed by atoms with Crippen molar-refractivity contribution in [2.75, 3.05) is 11.1 Å². The van der Waals surface area contributed by atoms with Gasteiger partial charge >= 0.3 is 0 Å². The lowest BCUT2D eigenvalue weighted by Crippen LogP contribution is -2.12. The molecule has 0 atom stereocenters. The van der Waals surface area contributed by atoms with Crippen molar-refractivity contribution in [1.29, 1.82) is 0 Å². The Bertz CT molecular complexity index is 827. The van der Waals surface area contributed by atoms with E-state index in [4.69, 9.17) is 5.73 Å². The number of carbonyl (C=O) groups excluding carboxylic acids is 1. The number of nitrogens with one attached hydrogen (secondary N) is 1. The number of benzene rings is 2. The standard InChI is InChI=1S/C17H15N3O/c1-11-4-6-14(10-15(11)18)20-17(21)13-5-7-16-12(9-13)3-2-8-19-16/h2-10H,18H2,1H3,(H,20,21). The average molecular weight is 277 g/mol. The maximum atomic E-state index is 12.3. The minimum atomic E-state index is -0.163. The zero-order valence-electron chi connectivity index (χ0n) is 11.6. The molecular formula is C17H15N3O. The fraction of sp³-hybridized carbons (Fsp3) is 0.0588. The fourth-order valence-electron chi connectivity index (χ4n) is 2.14. The van der Waals surface area contributed by atoms with Crippen LogP contribution >= 0.6 is 0 Å². The van der Waals surface area contributed by atoms with Gasteiger partial charge in [0.25, 0.3) is 5.91 Å². The molecule has 0 saturated carbocycles. The smallest absolute Gasteiger partial charge is 0.255 e. The minimum Gasteiger partial charge on any atom is -0.398 e. The second-order valence-electron chi connectivity index (χ2n) is 4.94. The Morgan fingerprint density at radius 3 is 2.81 bits per heavy atom. The molecule has 4 heteroatoms. The molecule has 0 fully saturated rings. The van der Waals surface area contributed by atoms with Crippen molar-refractivity contribution in [1.82, 2.24) is 4.98 Å². The second kappa shape index (κ2) is 5.25. The highest BCUT2D eigenvalue weighted by atomic mass is 16.1. The Hall–Kier alpha value is -2.88. The van der Waals surface area contributed by atoms with Crippen molar-refractivity contribution in [2.24, 2.45) is 0 Å². The molecule has 0 aliphatic carbocycles. The molecular weight excluding hydrogens is 262 g/mol. The van der Waals surface area contributed by atoms with Crippen molar-refractivity contribution in [3.05, 3.63) is 65.9 Å². The molecule has 0 radical (unpaired) electrons. The molecule has 3 N–H and O–H groups in total. The Labute approximate surface area is 122 Å². The van der Waals surface area contributed by atoms with E-state index < -0.39 is 0 Å². The Balaban J connectivity index is 1.87. The summed E-state index contributed by atoms with van der Waals surface area (Å²) in [5, 5.41) is 3.79. The number of fused-ring (bicyclic) bond motifs is 1. The lowest BCUT2D eigenvalue weighted by atomic mass is 10.1. The zero-order valence-corrected chi connectivity index (χ0v) is 11.6. The Kier molecular flexibility index (Phi) is 3.28. The number of nitrogens with zero attached hydrogens (tertiary/aromatic N) is 1. The van der Waals surface area contributed by atoms with Crippen LogP contribution in [0.15, 0.2) is 54.7 Å². The van der Waals surface area contributed by atoms with E-state index in [2.05, 4.69) is 10.3 Å². The van der Waals surface area contributed by atoms with Crippen LogP contribution in [0, 0.1) is 6.92 Å². The van der Waals surface area contributed by atoms with Crippen molar-refractivity contribution in [3.63, 3.8) is 0 Å². The first-order chi connectivity index (χ1) is 10.1. The molecule has 0 aliphatic rings. The number of nitrogen functional groups attached to an aromatic ring is 1. The van der Waals surface area contributed by atoms with Crippen LogP contribution in [0.3, 0.4) is 0 Å². The number of nitrogens with two attached hydrogens (primary N) is 1. The van der Waals surface area contributed by atoms with Gasteiger partial charge in [-0.1, -0.05) is 12.1 Å². The van der Waals surface area contributed by atoms with Gasteiger partial charge < -0.3 is 11.1 Å². The van der Waals surface area contributed by atoms with Gasteiger partial charge in [0, 0.05) is 28.5 Å². The average Bonchev–Trinajstić information content (AvgIpc) is 2.50. The van der Waals surface area contributed by atoms with Gasteiger partial charge in [-0.25, -0.2) is 0 Å². The highest BCUT2D eigenvalue weighted by Crippen LogP contribution is 2.19. The van der Waals surface area contributed by atoms with E-state index in [-0.39, 0.29) is 5.91 Å². The molecule has 1 heterocycles. The maximum absolute atomic E-state index is 12.3. The molecule has 0 spiro atoms. The van der Waals surface area contributed by atoms with Crippen molar-refractivity contribution in [2.45, 2.75) is 6.92 Å². The summed E-state index contributed by atoms with van der Waals surface area (Å²) in [5.74, 6) is -0.163. The summed E-state index contributed by atoms with van der Waals surface area (Å²) < 4.78 is 0. The topological polar surface area (TPSA) is 68.0 Å². The molecule has 1 amide bonds. The van der Waals surface area contributed by atoms with Crippen molar-refractivity contribution in [3.8, 4) is 0 Å². The molecule has 21 heavy (non-hydrogen) atoms. The number of aromatic nitrogens is 1. The molecule has 3 rings (SSSR count). The summed E-state index contributed by atoms with van der Waals surface area (Å²) in [6.45, 7) is 1.93. The summed E-state index contributed by atoms with van der Waals surface area (Å²) in [6.07, 6.45) is 1.73. The van der Waals surface area contributed by atoms with Crippen LogP contribution in [0.2, 0.25) is 0 Å². The molecule has 1 aromatic heterocycles. The summed E-state index contributed by atoms with van der Waals surface area (Å²) in [6, 6.07) is 14.7. The van der Waals surface area contributed by atoms with Gasteiger partial charge in [-0.05, 0) is 48.9 Å². The summed E-state index contributed by atoms with van der Waals surface area (Å²) in [5.41, 5.74) is 9.65. The largest absolute Gasteiger partial charge is 0.398 e. The van der Waals surface area contributed by atoms with Crippen LogP contribution < -0.4 is 11.1 Å². The first-order valence-corrected chi connectivity index (χ1v) is 6.66. The van der Waals surface area contributed by atoms with E-state index in [9.17, 15) is 4.79 Å². The number of anilines is 2. The molecule has 2 aromatic carbocycles. The minimum absolute atomic E-state index is 0.163. The highest BCUT2D eigenvalue weighted by Gasteiger charge is 2.07. The van der Waals surface area contributed by atoms with Gasteiger partial charge in [-0.2, -0.15) is 0 Å². The molecule has 104 valence electrons. The molecule has 0 saturated heterocycles. The molecule has 0 aliphatic heterocycles. The molecule has 3 aromatic rings. The number of hydrogen-bond acceptors (Lipinski definition) is 3. The predicted octanol–water partition coefficient (Wildman–Crippen LogP) is 3.38. The summed E-state index contributed by atoms with van der Waals surface area (Å²) >= 11 is 0. The quantitative estimate of drug-likeness (QED) is 0.706. The van der Waals surface area contributed by atoms with Crippen LogP contribution in [-0.4, -0.2) is 10.9 Å². The number of amides is 1. The number of carbonyl (C=O) groups is 1. The van der Waals surface area contributed by atoms with Crippen LogP contribution in [0.1, 0.15) is 15.9 Å². The van der Waals surface area contributed by atoms with Gasteiger partial charge in [0.1, 0.15) is 0 Å². The van der Waals surface area contributed by atoms with E-state index in [1.165, 1.54) is 0 Å². The molecule has 0 unspecified atom stereocenters. The van der Waals surface area contributed by atoms with Crippen LogP contribution in [0.5, 0.6) is 0 Å². The normalized spacial score (nSPS) is 10.5. The lowest BCUT2D eigenvalue weighted by Gasteiger charge is -2.08. The third-order valence-electron chi connectivity index (χ3n) is 3.40. The summed E-state index contributed by atoms with van der Waals surface area (Å²) in [4.78, 5) is 16.5. The number of hydrogen-bond donors (Lipinski definition) is 2. The van der Waals surface area contributed by atoms with Crippen molar-refractivity contribution < 1.29 is 4.79 Å². The SMILES string of the molecule is Cc1ccc(NC(=O)c2ccc3ncccc3c2)cc1N. The first kappa shape index (κ1) is 13.1. The van der Waals surface area contributed by atoms with E-state index in [1.54, 1.807) is 18.3 Å². The van der Waals surface area contributed by atoms with E-state index in [0.717, 1.165) is 16.5 Å². The van der Waals surface area contributed by atoms with E-state index in [0.29, 0.717) is 16.9 Å². The van der Waals surface area contributed by atoms with Gasteiger partial charge in [-0.15, -0.1) is 0 Å². The van der Waals surface area contributed by atoms with E-state index in [1.807, 2.05) is 43.3 Å². The predicted molar refractivity (Wildman–Crippen MR) is 85.3 cm³/mol. The van der Waals surface area contributed by atoms with Gasteiger partial charge in [0.15, 0.2) is 0 Å². The number of aryl methyl sites for hydroxylation is 1. The van der Waals surface area contributed by atoms with Crippen LogP contribution in [0.25, 0.3) is 10.9 Å². The van der Waals surface area contributed by atoms with Crippen molar-refractivity contribution >= 4 is 28.2 Å². The number of rotatable bonds is 2. The monoisotopic (exact) mass is 277 g/mol. The van der Waals surface area contributed by atoms with Crippen LogP contribution in [0.4, 0.5) is 11.4 Å². The fourth-order valence-corrected chi connectivity index (χ4v) is 2.14. The number of pyridine rings is 1. The Morgan fingerprint density at radius 1 is 1.14 bits per heavy atom. The summed E-state index contributed by atoms with van der Waals surface area (Å²) in [7, 11) is 0. The zero-order chi connectivity index (χ0) is 14.8. The Morgan fingerprint density at radius 2 is 2.00 bits per heavy atom. The van der Waals surface area contributed by atoms with Crippen LogP contribution in [-0.2, 0) is 0 Å². The maximum Gasteiger partial charge on any atom is 0.255 e. The van der Waals surface area contributed by atoms with Gasteiger partial charge in [0.2, 0.25) is 0 Å². The first-order valence-electron chi connectivity index (χ1n) is 6.66. The lowest BCUT2D eigenvalue weighted by molar-refractivity contribution is 0.102. The molecule has 4 nitrogen and oxygen atoms in total. The van der Waals surface area contributed by atoms with Gasteiger partial charge in [0.05, 0.1) is 5.52 Å². The van der Waals surface area contributed by atoms with Gasteiger partial charge in [-0.3, -0.25) is 9.78 Å². The highest BCUT2D eigenvalue weighted by molar-refractivity contribution is 6.06.